The first-order chi connectivity index (χ1) is 6.56. The molecule has 0 aliphatic heterocycles. The van der Waals surface area contributed by atoms with E-state index in [-0.39, 0.29) is 5.02 Å². The number of rotatable bonds is 2. The van der Waals surface area contributed by atoms with Crippen molar-refractivity contribution in [3.05, 3.63) is 34.6 Å². The van der Waals surface area contributed by atoms with Crippen LogP contribution < -0.4 is 0 Å². The smallest absolute Gasteiger partial charge is 0.314 e. The Balaban J connectivity index is 2.43. The first-order valence-corrected chi connectivity index (χ1v) is 4.63. The van der Waals surface area contributed by atoms with Crippen LogP contribution in [0.25, 0.3) is 0 Å². The van der Waals surface area contributed by atoms with E-state index in [1.165, 1.54) is 12.1 Å². The van der Waals surface area contributed by atoms with Gasteiger partial charge < -0.3 is 5.11 Å². The highest BCUT2D eigenvalue weighted by Crippen LogP contribution is 2.48. The van der Waals surface area contributed by atoms with Crippen LogP contribution in [0.4, 0.5) is 4.39 Å². The summed E-state index contributed by atoms with van der Waals surface area (Å²) in [6.45, 7) is 0. The Labute approximate surface area is 85.3 Å². The van der Waals surface area contributed by atoms with Crippen LogP contribution in [0.15, 0.2) is 18.2 Å². The van der Waals surface area contributed by atoms with Crippen molar-refractivity contribution in [1.29, 1.82) is 0 Å². The molecule has 0 saturated heterocycles. The third-order valence-electron chi connectivity index (χ3n) is 2.63. The van der Waals surface area contributed by atoms with Crippen LogP contribution in [0.1, 0.15) is 18.4 Å². The Hall–Kier alpha value is -1.09. The standard InChI is InChI=1S/C10H8ClFO2/c11-7-2-1-6(5-8(7)12)10(3-4-10)9(13)14/h1-2,5H,3-4H2,(H,13,14). The van der Waals surface area contributed by atoms with Gasteiger partial charge in [0.15, 0.2) is 0 Å². The number of carbonyl (C=O) groups is 1. The maximum atomic E-state index is 13.1. The minimum Gasteiger partial charge on any atom is -0.481 e. The summed E-state index contributed by atoms with van der Waals surface area (Å²) in [7, 11) is 0. The first kappa shape index (κ1) is 9.46. The van der Waals surface area contributed by atoms with E-state index in [0.29, 0.717) is 18.4 Å². The summed E-state index contributed by atoms with van der Waals surface area (Å²) in [5, 5.41) is 8.99. The van der Waals surface area contributed by atoms with Gasteiger partial charge in [0.05, 0.1) is 10.4 Å². The van der Waals surface area contributed by atoms with Crippen LogP contribution in [0, 0.1) is 5.82 Å². The molecule has 4 heteroatoms. The highest BCUT2D eigenvalue weighted by Gasteiger charge is 2.51. The van der Waals surface area contributed by atoms with E-state index in [0.717, 1.165) is 0 Å². The molecule has 0 amide bonds. The highest BCUT2D eigenvalue weighted by molar-refractivity contribution is 6.30. The van der Waals surface area contributed by atoms with Gasteiger partial charge in [-0.15, -0.1) is 0 Å². The monoisotopic (exact) mass is 214 g/mol. The average molecular weight is 215 g/mol. The van der Waals surface area contributed by atoms with E-state index in [1.807, 2.05) is 0 Å². The molecule has 2 nitrogen and oxygen atoms in total. The zero-order valence-electron chi connectivity index (χ0n) is 7.26. The Morgan fingerprint density at radius 2 is 2.14 bits per heavy atom. The van der Waals surface area contributed by atoms with Crippen molar-refractivity contribution in [2.24, 2.45) is 0 Å². The molecule has 1 saturated carbocycles. The summed E-state index contributed by atoms with van der Waals surface area (Å²) in [5.74, 6) is -1.45. The maximum Gasteiger partial charge on any atom is 0.314 e. The van der Waals surface area contributed by atoms with E-state index in [2.05, 4.69) is 0 Å². The van der Waals surface area contributed by atoms with E-state index in [1.54, 1.807) is 6.07 Å². The lowest BCUT2D eigenvalue weighted by atomic mass is 9.96. The van der Waals surface area contributed by atoms with Gasteiger partial charge in [-0.2, -0.15) is 0 Å². The predicted molar refractivity (Wildman–Crippen MR) is 50.0 cm³/mol. The van der Waals surface area contributed by atoms with E-state index < -0.39 is 17.2 Å². The number of carboxylic acid groups (broad SMARTS) is 1. The first-order valence-electron chi connectivity index (χ1n) is 4.25. The fourth-order valence-electron chi connectivity index (χ4n) is 1.54. The summed E-state index contributed by atoms with van der Waals surface area (Å²) in [4.78, 5) is 10.9. The van der Waals surface area contributed by atoms with E-state index in [9.17, 15) is 9.18 Å². The van der Waals surface area contributed by atoms with Crippen molar-refractivity contribution in [2.75, 3.05) is 0 Å². The van der Waals surface area contributed by atoms with Gasteiger partial charge in [0.2, 0.25) is 0 Å². The maximum absolute atomic E-state index is 13.1. The molecule has 1 fully saturated rings. The Morgan fingerprint density at radius 3 is 2.57 bits per heavy atom. The largest absolute Gasteiger partial charge is 0.481 e. The molecule has 1 aromatic rings. The number of hydrogen-bond donors (Lipinski definition) is 1. The summed E-state index contributed by atoms with van der Waals surface area (Å²) in [6, 6.07) is 4.19. The quantitative estimate of drug-likeness (QED) is 0.822. The van der Waals surface area contributed by atoms with Gasteiger partial charge in [0, 0.05) is 0 Å². The molecule has 1 N–H and O–H groups in total. The molecule has 0 aromatic heterocycles. The normalized spacial score (nSPS) is 17.9. The number of carboxylic acids is 1. The molecular formula is C10H8ClFO2. The van der Waals surface area contributed by atoms with Crippen molar-refractivity contribution < 1.29 is 14.3 Å². The third kappa shape index (κ3) is 1.28. The van der Waals surface area contributed by atoms with Crippen LogP contribution in [-0.2, 0) is 10.2 Å². The lowest BCUT2D eigenvalue weighted by Gasteiger charge is -2.09. The molecule has 14 heavy (non-hydrogen) atoms. The second-order valence-corrected chi connectivity index (χ2v) is 3.92. The number of halogens is 2. The second kappa shape index (κ2) is 2.95. The fourth-order valence-corrected chi connectivity index (χ4v) is 1.66. The molecule has 1 aliphatic rings. The molecular weight excluding hydrogens is 207 g/mol. The molecule has 0 spiro atoms. The third-order valence-corrected chi connectivity index (χ3v) is 2.94. The zero-order valence-corrected chi connectivity index (χ0v) is 8.01. The van der Waals surface area contributed by atoms with Gasteiger partial charge in [0.1, 0.15) is 5.82 Å². The highest BCUT2D eigenvalue weighted by atomic mass is 35.5. The van der Waals surface area contributed by atoms with Gasteiger partial charge in [-0.25, -0.2) is 4.39 Å². The van der Waals surface area contributed by atoms with Crippen molar-refractivity contribution >= 4 is 17.6 Å². The molecule has 74 valence electrons. The van der Waals surface area contributed by atoms with Crippen molar-refractivity contribution in [1.82, 2.24) is 0 Å². The van der Waals surface area contributed by atoms with Crippen LogP contribution in [0.3, 0.4) is 0 Å². The number of hydrogen-bond acceptors (Lipinski definition) is 1. The Morgan fingerprint density at radius 1 is 1.50 bits per heavy atom. The summed E-state index contributed by atoms with van der Waals surface area (Å²) >= 11 is 5.51. The van der Waals surface area contributed by atoms with Gasteiger partial charge in [-0.05, 0) is 30.5 Å². The van der Waals surface area contributed by atoms with Crippen molar-refractivity contribution in [3.63, 3.8) is 0 Å². The van der Waals surface area contributed by atoms with E-state index >= 15 is 0 Å². The Bertz CT molecular complexity index is 399. The van der Waals surface area contributed by atoms with Gasteiger partial charge in [-0.3, -0.25) is 4.79 Å². The summed E-state index contributed by atoms with van der Waals surface area (Å²) < 4.78 is 13.1. The average Bonchev–Trinajstić information content (AvgIpc) is 2.90. The van der Waals surface area contributed by atoms with Gasteiger partial charge in [0.25, 0.3) is 0 Å². The van der Waals surface area contributed by atoms with Gasteiger partial charge in [-0.1, -0.05) is 17.7 Å². The molecule has 0 radical (unpaired) electrons. The zero-order chi connectivity index (χ0) is 10.3. The van der Waals surface area contributed by atoms with E-state index in [4.69, 9.17) is 16.7 Å². The molecule has 2 rings (SSSR count). The lowest BCUT2D eigenvalue weighted by molar-refractivity contribution is -0.140. The minimum absolute atomic E-state index is 0.0231. The predicted octanol–water partition coefficient (Wildman–Crippen LogP) is 2.60. The molecule has 0 atom stereocenters. The van der Waals surface area contributed by atoms with Crippen LogP contribution in [0.2, 0.25) is 5.02 Å². The number of aliphatic carboxylic acids is 1. The molecule has 1 aliphatic carbocycles. The number of benzene rings is 1. The topological polar surface area (TPSA) is 37.3 Å². The molecule has 1 aromatic carbocycles. The minimum atomic E-state index is -0.890. The van der Waals surface area contributed by atoms with Crippen LogP contribution >= 0.6 is 11.6 Å². The van der Waals surface area contributed by atoms with Crippen LogP contribution in [-0.4, -0.2) is 11.1 Å². The van der Waals surface area contributed by atoms with Crippen molar-refractivity contribution in [3.8, 4) is 0 Å². The molecule has 0 bridgehead atoms. The summed E-state index contributed by atoms with van der Waals surface area (Å²) in [6.07, 6.45) is 1.15. The fraction of sp³-hybridized carbons (Fsp3) is 0.300. The van der Waals surface area contributed by atoms with Gasteiger partial charge >= 0.3 is 5.97 Å². The molecule has 0 heterocycles. The van der Waals surface area contributed by atoms with Crippen molar-refractivity contribution in [2.45, 2.75) is 18.3 Å². The summed E-state index contributed by atoms with van der Waals surface area (Å²) in [5.41, 5.74) is -0.349. The lowest BCUT2D eigenvalue weighted by Crippen LogP contribution is -2.19. The molecule has 0 unspecified atom stereocenters. The Kier molecular flexibility index (Phi) is 2.00. The SMILES string of the molecule is O=C(O)C1(c2ccc(Cl)c(F)c2)CC1. The van der Waals surface area contributed by atoms with Crippen LogP contribution in [0.5, 0.6) is 0 Å². The second-order valence-electron chi connectivity index (χ2n) is 3.52.